The van der Waals surface area contributed by atoms with Crippen molar-refractivity contribution >= 4 is 5.97 Å². The molecule has 0 amide bonds. The number of carboxylic acid groups (broad SMARTS) is 1. The van der Waals surface area contributed by atoms with Crippen LogP contribution in [0.1, 0.15) is 61.6 Å². The number of fused-ring (bicyclic) bond motifs is 6. The minimum Gasteiger partial charge on any atom is -0.477 e. The van der Waals surface area contributed by atoms with Crippen molar-refractivity contribution in [1.29, 1.82) is 0 Å². The second-order valence-electron chi connectivity index (χ2n) is 9.43. The summed E-state index contributed by atoms with van der Waals surface area (Å²) in [6.45, 7) is 8.00. The molecule has 0 radical (unpaired) electrons. The highest BCUT2D eigenvalue weighted by Gasteiger charge is 2.51. The first-order chi connectivity index (χ1) is 15.0. The molecular formula is C25H28N2O5. The molecule has 1 saturated heterocycles. The van der Waals surface area contributed by atoms with Crippen molar-refractivity contribution in [3.8, 4) is 23.1 Å². The van der Waals surface area contributed by atoms with Gasteiger partial charge in [-0.15, -0.1) is 0 Å². The van der Waals surface area contributed by atoms with Crippen LogP contribution in [0.3, 0.4) is 0 Å². The Morgan fingerprint density at radius 2 is 1.97 bits per heavy atom. The van der Waals surface area contributed by atoms with Gasteiger partial charge in [0.25, 0.3) is 0 Å². The summed E-state index contributed by atoms with van der Waals surface area (Å²) in [5.74, 6) is 5.11. The fourth-order valence-corrected chi connectivity index (χ4v) is 4.66. The summed E-state index contributed by atoms with van der Waals surface area (Å²) in [4.78, 5) is 24.2. The second kappa shape index (κ2) is 7.51. The topological polar surface area (TPSA) is 81.0 Å². The molecule has 1 fully saturated rings. The Kier molecular flexibility index (Phi) is 5.19. The number of methoxy groups -OCH3 is 2. The van der Waals surface area contributed by atoms with Gasteiger partial charge in [0.2, 0.25) is 0 Å². The van der Waals surface area contributed by atoms with E-state index in [1.165, 1.54) is 12.3 Å². The van der Waals surface area contributed by atoms with E-state index in [-0.39, 0.29) is 23.2 Å². The zero-order chi connectivity index (χ0) is 23.4. The lowest BCUT2D eigenvalue weighted by Gasteiger charge is -2.44. The van der Waals surface area contributed by atoms with Gasteiger partial charge in [0.05, 0.1) is 23.4 Å². The van der Waals surface area contributed by atoms with Gasteiger partial charge in [0.15, 0.2) is 5.43 Å². The van der Waals surface area contributed by atoms with Crippen molar-refractivity contribution < 1.29 is 19.4 Å². The van der Waals surface area contributed by atoms with Crippen LogP contribution >= 0.6 is 0 Å². The summed E-state index contributed by atoms with van der Waals surface area (Å²) in [6.07, 6.45) is 2.07. The van der Waals surface area contributed by atoms with Crippen molar-refractivity contribution in [3.05, 3.63) is 57.4 Å². The maximum Gasteiger partial charge on any atom is 0.341 e. The number of pyridine rings is 1. The molecule has 4 rings (SSSR count). The molecule has 2 atom stereocenters. The van der Waals surface area contributed by atoms with E-state index in [1.54, 1.807) is 14.2 Å². The first kappa shape index (κ1) is 22.1. The van der Waals surface area contributed by atoms with E-state index in [0.29, 0.717) is 5.69 Å². The summed E-state index contributed by atoms with van der Waals surface area (Å²) in [5.41, 5.74) is 1.71. The molecule has 1 aromatic carbocycles. The van der Waals surface area contributed by atoms with Crippen LogP contribution in [0, 0.1) is 11.8 Å². The molecule has 0 aliphatic carbocycles. The SMILES string of the molecule is CO[C@@H]1CC(C)(C)N2C1c1cc(C#CC(C)(C)OC)ccc1-c1cc(=O)c(C(=O)O)cn12. The number of nitrogens with zero attached hydrogens (tertiary/aromatic N) is 2. The van der Waals surface area contributed by atoms with Gasteiger partial charge < -0.3 is 14.6 Å². The fraction of sp³-hybridized carbons (Fsp3) is 0.440. The van der Waals surface area contributed by atoms with Crippen LogP contribution in [0.2, 0.25) is 0 Å². The molecule has 32 heavy (non-hydrogen) atoms. The number of aromatic nitrogens is 1. The Balaban J connectivity index is 1.97. The van der Waals surface area contributed by atoms with Crippen LogP contribution in [0.25, 0.3) is 11.3 Å². The summed E-state index contributed by atoms with van der Waals surface area (Å²) in [5, 5.41) is 11.7. The van der Waals surface area contributed by atoms with E-state index in [4.69, 9.17) is 9.47 Å². The Hall–Kier alpha value is -3.08. The second-order valence-corrected chi connectivity index (χ2v) is 9.43. The van der Waals surface area contributed by atoms with Crippen LogP contribution in [-0.2, 0) is 9.47 Å². The van der Waals surface area contributed by atoms with Gasteiger partial charge >= 0.3 is 5.97 Å². The summed E-state index contributed by atoms with van der Waals surface area (Å²) >= 11 is 0. The van der Waals surface area contributed by atoms with Gasteiger partial charge in [-0.1, -0.05) is 17.9 Å². The van der Waals surface area contributed by atoms with Crippen molar-refractivity contribution in [1.82, 2.24) is 4.68 Å². The van der Waals surface area contributed by atoms with Crippen LogP contribution < -0.4 is 10.4 Å². The number of rotatable bonds is 3. The van der Waals surface area contributed by atoms with E-state index >= 15 is 0 Å². The highest BCUT2D eigenvalue weighted by Crippen LogP contribution is 2.49. The van der Waals surface area contributed by atoms with Gasteiger partial charge in [0.1, 0.15) is 11.2 Å². The number of hydrogen-bond donors (Lipinski definition) is 1. The molecule has 1 N–H and O–H groups in total. The van der Waals surface area contributed by atoms with Crippen molar-refractivity contribution in [2.24, 2.45) is 0 Å². The summed E-state index contributed by atoms with van der Waals surface area (Å²) in [7, 11) is 3.32. The lowest BCUT2D eigenvalue weighted by Crippen LogP contribution is -2.50. The zero-order valence-electron chi connectivity index (χ0n) is 19.2. The largest absolute Gasteiger partial charge is 0.477 e. The highest BCUT2D eigenvalue weighted by molar-refractivity contribution is 5.88. The number of benzene rings is 1. The van der Waals surface area contributed by atoms with Gasteiger partial charge in [-0.25, -0.2) is 4.79 Å². The van der Waals surface area contributed by atoms with Gasteiger partial charge in [-0.05, 0) is 45.4 Å². The Bertz CT molecular complexity index is 1220. The third-order valence-electron chi connectivity index (χ3n) is 6.40. The standard InChI is InChI=1S/C25H28N2O5/c1-24(2)13-21(31-5)22-17-11-15(9-10-25(3,4)32-6)7-8-16(17)19-12-20(28)18(23(29)30)14-26(19)27(22)24/h7-8,11-12,14,21-22H,13H2,1-6H3,(H,29,30)/t21-,22?/m1/s1. The number of carbonyl (C=O) groups is 1. The number of ether oxygens (including phenoxy) is 2. The third kappa shape index (κ3) is 3.50. The number of carboxylic acids is 1. The predicted molar refractivity (Wildman–Crippen MR) is 122 cm³/mol. The molecule has 0 spiro atoms. The lowest BCUT2D eigenvalue weighted by molar-refractivity contribution is 0.0693. The van der Waals surface area contributed by atoms with Crippen LogP contribution in [0.15, 0.2) is 35.3 Å². The normalized spacial score (nSPS) is 20.6. The monoisotopic (exact) mass is 436 g/mol. The van der Waals surface area contributed by atoms with Crippen molar-refractivity contribution in [2.45, 2.75) is 57.4 Å². The van der Waals surface area contributed by atoms with E-state index in [1.807, 2.05) is 36.7 Å². The van der Waals surface area contributed by atoms with E-state index < -0.39 is 17.0 Å². The van der Waals surface area contributed by atoms with Gasteiger partial charge in [-0.3, -0.25) is 14.5 Å². The van der Waals surface area contributed by atoms with Gasteiger partial charge in [-0.2, -0.15) is 0 Å². The summed E-state index contributed by atoms with van der Waals surface area (Å²) < 4.78 is 13.1. The molecule has 0 saturated carbocycles. The first-order valence-corrected chi connectivity index (χ1v) is 10.5. The lowest BCUT2D eigenvalue weighted by atomic mass is 9.91. The highest BCUT2D eigenvalue weighted by atomic mass is 16.5. The molecule has 2 aliphatic rings. The minimum atomic E-state index is -1.24. The quantitative estimate of drug-likeness (QED) is 0.745. The molecule has 2 aliphatic heterocycles. The number of hydrogen-bond acceptors (Lipinski definition) is 5. The molecule has 3 heterocycles. The Morgan fingerprint density at radius 3 is 2.59 bits per heavy atom. The van der Waals surface area contributed by atoms with Crippen LogP contribution in [-0.4, -0.2) is 47.2 Å². The zero-order valence-corrected chi connectivity index (χ0v) is 19.2. The molecule has 1 unspecified atom stereocenters. The fourth-order valence-electron chi connectivity index (χ4n) is 4.66. The smallest absolute Gasteiger partial charge is 0.341 e. The average Bonchev–Trinajstić information content (AvgIpc) is 3.02. The van der Waals surface area contributed by atoms with E-state index in [2.05, 4.69) is 30.7 Å². The molecule has 168 valence electrons. The maximum atomic E-state index is 12.6. The first-order valence-electron chi connectivity index (χ1n) is 10.5. The Morgan fingerprint density at radius 1 is 1.25 bits per heavy atom. The minimum absolute atomic E-state index is 0.108. The van der Waals surface area contributed by atoms with Gasteiger partial charge in [0, 0.05) is 44.0 Å². The maximum absolute atomic E-state index is 12.6. The molecule has 7 nitrogen and oxygen atoms in total. The van der Waals surface area contributed by atoms with E-state index in [0.717, 1.165) is 23.1 Å². The molecular weight excluding hydrogens is 408 g/mol. The Labute approximate surface area is 187 Å². The van der Waals surface area contributed by atoms with Crippen LogP contribution in [0.4, 0.5) is 0 Å². The van der Waals surface area contributed by atoms with Crippen LogP contribution in [0.5, 0.6) is 0 Å². The molecule has 7 heteroatoms. The number of aromatic carboxylic acids is 1. The van der Waals surface area contributed by atoms with Crippen molar-refractivity contribution in [3.63, 3.8) is 0 Å². The summed E-state index contributed by atoms with van der Waals surface area (Å²) in [6, 6.07) is 7.15. The van der Waals surface area contributed by atoms with E-state index in [9.17, 15) is 14.7 Å². The molecule has 0 bridgehead atoms. The average molecular weight is 437 g/mol. The predicted octanol–water partition coefficient (Wildman–Crippen LogP) is 3.18. The third-order valence-corrected chi connectivity index (χ3v) is 6.40. The molecule has 2 aromatic rings. The molecule has 1 aromatic heterocycles. The van der Waals surface area contributed by atoms with Crippen molar-refractivity contribution in [2.75, 3.05) is 19.2 Å².